The van der Waals surface area contributed by atoms with Crippen LogP contribution >= 0.6 is 0 Å². The molecule has 41 heavy (non-hydrogen) atoms. The maximum atomic E-state index is 5.05. The first-order chi connectivity index (χ1) is 20.3. The van der Waals surface area contributed by atoms with E-state index in [-0.39, 0.29) is 5.41 Å². The molecule has 6 aromatic carbocycles. The predicted molar refractivity (Wildman–Crippen MR) is 169 cm³/mol. The van der Waals surface area contributed by atoms with E-state index in [0.29, 0.717) is 0 Å². The molecule has 9 rings (SSSR count). The molecule has 0 saturated heterocycles. The van der Waals surface area contributed by atoms with Crippen LogP contribution in [0.3, 0.4) is 0 Å². The molecular formula is C40H25N. The van der Waals surface area contributed by atoms with Crippen molar-refractivity contribution in [3.05, 3.63) is 174 Å². The van der Waals surface area contributed by atoms with Gasteiger partial charge in [0.1, 0.15) is 0 Å². The van der Waals surface area contributed by atoms with Crippen molar-refractivity contribution in [1.82, 2.24) is 4.98 Å². The van der Waals surface area contributed by atoms with Gasteiger partial charge in [0.05, 0.1) is 16.6 Å². The van der Waals surface area contributed by atoms with Gasteiger partial charge in [-0.15, -0.1) is 0 Å². The predicted octanol–water partition coefficient (Wildman–Crippen LogP) is 9.91. The molecular weight excluding hydrogens is 494 g/mol. The Bertz CT molecular complexity index is 2110. The van der Waals surface area contributed by atoms with Crippen LogP contribution in [-0.4, -0.2) is 4.98 Å². The van der Waals surface area contributed by atoms with Gasteiger partial charge in [0, 0.05) is 10.9 Å². The number of benzene rings is 6. The normalized spacial score (nSPS) is 13.6. The van der Waals surface area contributed by atoms with Crippen molar-refractivity contribution in [1.29, 1.82) is 0 Å². The van der Waals surface area contributed by atoms with E-state index in [1.807, 2.05) is 0 Å². The van der Waals surface area contributed by atoms with E-state index in [1.54, 1.807) is 0 Å². The molecule has 1 nitrogen and oxygen atoms in total. The second-order valence-corrected chi connectivity index (χ2v) is 11.1. The summed E-state index contributed by atoms with van der Waals surface area (Å²) in [5.41, 5.74) is 16.0. The van der Waals surface area contributed by atoms with Gasteiger partial charge in [-0.2, -0.15) is 0 Å². The maximum Gasteiger partial charge on any atom is 0.0725 e. The molecule has 0 amide bonds. The van der Waals surface area contributed by atoms with E-state index in [2.05, 4.69) is 152 Å². The molecule has 0 fully saturated rings. The Balaban J connectivity index is 1.34. The Labute approximate surface area is 239 Å². The zero-order chi connectivity index (χ0) is 27.0. The third kappa shape index (κ3) is 2.98. The lowest BCUT2D eigenvalue weighted by Gasteiger charge is -2.30. The van der Waals surface area contributed by atoms with Crippen molar-refractivity contribution in [2.24, 2.45) is 0 Å². The number of pyridine rings is 1. The number of aromatic nitrogens is 1. The minimum absolute atomic E-state index is 0.312. The summed E-state index contributed by atoms with van der Waals surface area (Å²) >= 11 is 0. The van der Waals surface area contributed by atoms with Crippen LogP contribution in [-0.2, 0) is 5.41 Å². The second kappa shape index (κ2) is 8.36. The molecule has 190 valence electrons. The molecule has 0 unspecified atom stereocenters. The van der Waals surface area contributed by atoms with Crippen LogP contribution in [0.5, 0.6) is 0 Å². The molecule has 0 aliphatic heterocycles. The fourth-order valence-corrected chi connectivity index (χ4v) is 7.44. The fourth-order valence-electron chi connectivity index (χ4n) is 7.44. The SMILES string of the molecule is c1ccc(-c2cc(-c3ccc4c(c3)-c3ccccc3C43c4ccccc4-c4ccccc43)c3ccccc3n2)cc1. The molecule has 1 aromatic heterocycles. The molecule has 0 radical (unpaired) electrons. The van der Waals surface area contributed by atoms with Crippen LogP contribution < -0.4 is 0 Å². The molecule has 1 heterocycles. The van der Waals surface area contributed by atoms with Crippen LogP contribution in [0.15, 0.2) is 152 Å². The van der Waals surface area contributed by atoms with Gasteiger partial charge in [0.2, 0.25) is 0 Å². The third-order valence-electron chi connectivity index (χ3n) is 9.09. The van der Waals surface area contributed by atoms with E-state index >= 15 is 0 Å². The molecule has 0 N–H and O–H groups in total. The Kier molecular flexibility index (Phi) is 4.60. The van der Waals surface area contributed by atoms with Gasteiger partial charge in [-0.1, -0.05) is 133 Å². The topological polar surface area (TPSA) is 12.9 Å². The third-order valence-corrected chi connectivity index (χ3v) is 9.09. The molecule has 7 aromatic rings. The molecule has 2 aliphatic rings. The van der Waals surface area contributed by atoms with Crippen molar-refractivity contribution < 1.29 is 0 Å². The molecule has 1 spiro atoms. The summed E-state index contributed by atoms with van der Waals surface area (Å²) in [4.78, 5) is 5.05. The van der Waals surface area contributed by atoms with Crippen molar-refractivity contribution >= 4 is 10.9 Å². The summed E-state index contributed by atoms with van der Waals surface area (Å²) in [6.45, 7) is 0. The summed E-state index contributed by atoms with van der Waals surface area (Å²) < 4.78 is 0. The number of nitrogens with zero attached hydrogens (tertiary/aromatic N) is 1. The maximum absolute atomic E-state index is 5.05. The van der Waals surface area contributed by atoms with Gasteiger partial charge in [-0.3, -0.25) is 0 Å². The minimum Gasteiger partial charge on any atom is -0.248 e. The zero-order valence-electron chi connectivity index (χ0n) is 22.4. The number of para-hydroxylation sites is 1. The summed E-state index contributed by atoms with van der Waals surface area (Å²) in [6.07, 6.45) is 0. The second-order valence-electron chi connectivity index (χ2n) is 11.1. The Morgan fingerprint density at radius 1 is 0.366 bits per heavy atom. The first-order valence-electron chi connectivity index (χ1n) is 14.2. The van der Waals surface area contributed by atoms with Gasteiger partial charge < -0.3 is 0 Å². The highest BCUT2D eigenvalue weighted by Crippen LogP contribution is 2.62. The number of rotatable bonds is 2. The number of hydrogen-bond donors (Lipinski definition) is 0. The van der Waals surface area contributed by atoms with E-state index in [1.165, 1.54) is 61.0 Å². The lowest BCUT2D eigenvalue weighted by molar-refractivity contribution is 0.794. The molecule has 2 aliphatic carbocycles. The highest BCUT2D eigenvalue weighted by molar-refractivity contribution is 6.00. The van der Waals surface area contributed by atoms with E-state index in [4.69, 9.17) is 4.98 Å². The van der Waals surface area contributed by atoms with Gasteiger partial charge in [0.15, 0.2) is 0 Å². The first-order valence-corrected chi connectivity index (χ1v) is 14.2. The average Bonchev–Trinajstić information content (AvgIpc) is 3.52. The minimum atomic E-state index is -0.312. The molecule has 1 heteroatoms. The smallest absolute Gasteiger partial charge is 0.0725 e. The largest absolute Gasteiger partial charge is 0.248 e. The van der Waals surface area contributed by atoms with Crippen LogP contribution in [0, 0.1) is 0 Å². The quantitative estimate of drug-likeness (QED) is 0.221. The van der Waals surface area contributed by atoms with Gasteiger partial charge in [-0.25, -0.2) is 4.98 Å². The van der Waals surface area contributed by atoms with Gasteiger partial charge in [-0.05, 0) is 73.8 Å². The van der Waals surface area contributed by atoms with Crippen molar-refractivity contribution in [2.75, 3.05) is 0 Å². The van der Waals surface area contributed by atoms with E-state index < -0.39 is 0 Å². The first kappa shape index (κ1) is 22.5. The van der Waals surface area contributed by atoms with Crippen molar-refractivity contribution in [3.63, 3.8) is 0 Å². The zero-order valence-corrected chi connectivity index (χ0v) is 22.4. The number of fused-ring (bicyclic) bond motifs is 11. The van der Waals surface area contributed by atoms with Gasteiger partial charge >= 0.3 is 0 Å². The average molecular weight is 520 g/mol. The monoisotopic (exact) mass is 519 g/mol. The van der Waals surface area contributed by atoms with Crippen LogP contribution in [0.1, 0.15) is 22.3 Å². The van der Waals surface area contributed by atoms with Gasteiger partial charge in [0.25, 0.3) is 0 Å². The standard InChI is InChI=1S/C40H25N/c1-2-12-26(13-3-1)39-25-32(31-17-7-11-21-38(31)41-39)27-22-23-37-33(24-27)30-16-6-10-20-36(30)40(37)34-18-8-4-14-28(34)29-15-5-9-19-35(29)40/h1-25H. The highest BCUT2D eigenvalue weighted by atomic mass is 14.7. The van der Waals surface area contributed by atoms with Crippen LogP contribution in [0.2, 0.25) is 0 Å². The van der Waals surface area contributed by atoms with Crippen LogP contribution in [0.25, 0.3) is 55.5 Å². The van der Waals surface area contributed by atoms with E-state index in [0.717, 1.165) is 16.8 Å². The summed E-state index contributed by atoms with van der Waals surface area (Å²) in [6, 6.07) is 55.3. The molecule has 0 saturated carbocycles. The Morgan fingerprint density at radius 3 is 1.59 bits per heavy atom. The Hall–Kier alpha value is -5.27. The van der Waals surface area contributed by atoms with Crippen molar-refractivity contribution in [3.8, 4) is 44.6 Å². The van der Waals surface area contributed by atoms with Crippen LogP contribution in [0.4, 0.5) is 0 Å². The molecule has 0 atom stereocenters. The number of hydrogen-bond acceptors (Lipinski definition) is 1. The fraction of sp³-hybridized carbons (Fsp3) is 0.0250. The van der Waals surface area contributed by atoms with E-state index in [9.17, 15) is 0 Å². The van der Waals surface area contributed by atoms with Crippen molar-refractivity contribution in [2.45, 2.75) is 5.41 Å². The Morgan fingerprint density at radius 2 is 0.902 bits per heavy atom. The molecule has 0 bridgehead atoms. The summed E-state index contributed by atoms with van der Waals surface area (Å²) in [7, 11) is 0. The summed E-state index contributed by atoms with van der Waals surface area (Å²) in [5.74, 6) is 0. The highest BCUT2D eigenvalue weighted by Gasteiger charge is 2.51. The lowest BCUT2D eigenvalue weighted by atomic mass is 9.70. The summed E-state index contributed by atoms with van der Waals surface area (Å²) in [5, 5.41) is 1.17. The lowest BCUT2D eigenvalue weighted by Crippen LogP contribution is -2.25.